The zero-order valence-corrected chi connectivity index (χ0v) is 8.85. The Balaban J connectivity index is 2.61. The molecule has 0 unspecified atom stereocenters. The van der Waals surface area contributed by atoms with Crippen molar-refractivity contribution in [3.8, 4) is 6.19 Å². The zero-order chi connectivity index (χ0) is 11.7. The molecule has 0 aliphatic carbocycles. The third-order valence-electron chi connectivity index (χ3n) is 2.26. The highest BCUT2D eigenvalue weighted by molar-refractivity contribution is 5.96. The van der Waals surface area contributed by atoms with Crippen LogP contribution in [-0.4, -0.2) is 20.5 Å². The van der Waals surface area contributed by atoms with Gasteiger partial charge in [0, 0.05) is 12.3 Å². The molecule has 0 aliphatic heterocycles. The highest BCUT2D eigenvalue weighted by Gasteiger charge is 2.12. The predicted molar refractivity (Wildman–Crippen MR) is 55.5 cm³/mol. The summed E-state index contributed by atoms with van der Waals surface area (Å²) in [5.41, 5.74) is 2.51. The van der Waals surface area contributed by atoms with Crippen molar-refractivity contribution in [1.29, 1.82) is 5.26 Å². The average molecular weight is 215 g/mol. The van der Waals surface area contributed by atoms with E-state index in [4.69, 9.17) is 5.26 Å². The molecule has 0 saturated heterocycles. The summed E-state index contributed by atoms with van der Waals surface area (Å²) in [6, 6.07) is 1.82. The Morgan fingerprint density at radius 1 is 1.56 bits per heavy atom. The van der Waals surface area contributed by atoms with Crippen LogP contribution in [0.15, 0.2) is 12.3 Å². The van der Waals surface area contributed by atoms with Crippen LogP contribution in [0.3, 0.4) is 0 Å². The van der Waals surface area contributed by atoms with Crippen molar-refractivity contribution in [3.05, 3.63) is 29.2 Å². The average Bonchev–Trinajstić information content (AvgIpc) is 2.60. The van der Waals surface area contributed by atoms with Crippen molar-refractivity contribution in [2.24, 2.45) is 0 Å². The predicted octanol–water partition coefficient (Wildman–Crippen LogP) is 0.557. The number of hydrogen-bond acceptors (Lipinski definition) is 4. The van der Waals surface area contributed by atoms with Gasteiger partial charge in [-0.2, -0.15) is 10.4 Å². The van der Waals surface area contributed by atoms with Gasteiger partial charge in [0.2, 0.25) is 0 Å². The molecular weight excluding hydrogens is 206 g/mol. The topological polar surface area (TPSA) is 83.1 Å². The minimum Gasteiger partial charge on any atom is -0.268 e. The van der Waals surface area contributed by atoms with Crippen molar-refractivity contribution in [3.63, 3.8) is 0 Å². The molecule has 2 aromatic rings. The monoisotopic (exact) mass is 215 g/mol. The van der Waals surface area contributed by atoms with Crippen LogP contribution in [0.5, 0.6) is 0 Å². The van der Waals surface area contributed by atoms with E-state index in [9.17, 15) is 4.79 Å². The fourth-order valence-electron chi connectivity index (χ4n) is 1.50. The van der Waals surface area contributed by atoms with Crippen molar-refractivity contribution in [1.82, 2.24) is 19.9 Å². The maximum Gasteiger partial charge on any atom is 0.267 e. The Bertz CT molecular complexity index is 607. The number of amides is 1. The highest BCUT2D eigenvalue weighted by Crippen LogP contribution is 2.10. The van der Waals surface area contributed by atoms with E-state index < -0.39 is 5.91 Å². The van der Waals surface area contributed by atoms with Gasteiger partial charge in [-0.15, -0.1) is 0 Å². The van der Waals surface area contributed by atoms with E-state index in [0.717, 1.165) is 5.69 Å². The molecule has 6 heteroatoms. The quantitative estimate of drug-likeness (QED) is 0.556. The Hall–Kier alpha value is -2.42. The van der Waals surface area contributed by atoms with Crippen molar-refractivity contribution >= 4 is 11.6 Å². The third kappa shape index (κ3) is 1.48. The van der Waals surface area contributed by atoms with Gasteiger partial charge >= 0.3 is 0 Å². The summed E-state index contributed by atoms with van der Waals surface area (Å²) in [6.45, 7) is 3.61. The van der Waals surface area contributed by atoms with E-state index in [0.29, 0.717) is 16.9 Å². The van der Waals surface area contributed by atoms with E-state index in [2.05, 4.69) is 15.4 Å². The molecule has 6 nitrogen and oxygen atoms in total. The summed E-state index contributed by atoms with van der Waals surface area (Å²) < 4.78 is 1.58. The van der Waals surface area contributed by atoms with Gasteiger partial charge < -0.3 is 0 Å². The molecule has 0 aromatic carbocycles. The lowest BCUT2D eigenvalue weighted by atomic mass is 10.2. The second-order valence-corrected chi connectivity index (χ2v) is 3.38. The SMILES string of the molecule is Cc1cc2ncc(C(=O)NC#N)c(C)n2n1. The number of aryl methyl sites for hydroxylation is 2. The molecule has 16 heavy (non-hydrogen) atoms. The highest BCUT2D eigenvalue weighted by atomic mass is 16.1. The van der Waals surface area contributed by atoms with Gasteiger partial charge in [0.25, 0.3) is 5.91 Å². The van der Waals surface area contributed by atoms with Crippen LogP contribution < -0.4 is 5.32 Å². The largest absolute Gasteiger partial charge is 0.268 e. The van der Waals surface area contributed by atoms with E-state index in [1.54, 1.807) is 17.6 Å². The fourth-order valence-corrected chi connectivity index (χ4v) is 1.50. The molecule has 0 fully saturated rings. The number of nitrogens with zero attached hydrogens (tertiary/aromatic N) is 4. The van der Waals surface area contributed by atoms with Gasteiger partial charge in [0.1, 0.15) is 0 Å². The summed E-state index contributed by atoms with van der Waals surface area (Å²) in [5.74, 6) is -0.470. The maximum absolute atomic E-state index is 11.5. The molecular formula is C10H9N5O. The third-order valence-corrected chi connectivity index (χ3v) is 2.26. The number of fused-ring (bicyclic) bond motifs is 1. The van der Waals surface area contributed by atoms with Gasteiger partial charge in [-0.3, -0.25) is 10.1 Å². The van der Waals surface area contributed by atoms with Crippen LogP contribution in [0.4, 0.5) is 0 Å². The maximum atomic E-state index is 11.5. The smallest absolute Gasteiger partial charge is 0.267 e. The van der Waals surface area contributed by atoms with Gasteiger partial charge in [-0.25, -0.2) is 9.50 Å². The number of nitrogens with one attached hydrogen (secondary N) is 1. The van der Waals surface area contributed by atoms with E-state index in [1.807, 2.05) is 13.0 Å². The van der Waals surface area contributed by atoms with Crippen LogP contribution >= 0.6 is 0 Å². The van der Waals surface area contributed by atoms with Crippen LogP contribution in [-0.2, 0) is 0 Å². The van der Waals surface area contributed by atoms with E-state index >= 15 is 0 Å². The standard InChI is InChI=1S/C10H9N5O/c1-6-3-9-12-4-8(10(16)13-5-11)7(2)15(9)14-6/h3-4H,1-2H3,(H,13,16). The summed E-state index contributed by atoms with van der Waals surface area (Å²) in [5, 5.41) is 14.6. The van der Waals surface area contributed by atoms with E-state index in [1.165, 1.54) is 6.20 Å². The lowest BCUT2D eigenvalue weighted by Gasteiger charge is -2.04. The Labute approximate surface area is 91.5 Å². The number of nitriles is 1. The van der Waals surface area contributed by atoms with Crippen molar-refractivity contribution < 1.29 is 4.79 Å². The van der Waals surface area contributed by atoms with E-state index in [-0.39, 0.29) is 0 Å². The number of hydrogen-bond donors (Lipinski definition) is 1. The number of carbonyl (C=O) groups excluding carboxylic acids is 1. The van der Waals surface area contributed by atoms with Gasteiger partial charge in [-0.1, -0.05) is 0 Å². The number of carbonyl (C=O) groups is 1. The molecule has 80 valence electrons. The van der Waals surface area contributed by atoms with Gasteiger partial charge in [-0.05, 0) is 13.8 Å². The van der Waals surface area contributed by atoms with Crippen LogP contribution in [0.25, 0.3) is 5.65 Å². The summed E-state index contributed by atoms with van der Waals surface area (Å²) in [6.07, 6.45) is 3.03. The molecule has 0 atom stereocenters. The first-order valence-electron chi connectivity index (χ1n) is 4.65. The first-order valence-corrected chi connectivity index (χ1v) is 4.65. The molecule has 0 radical (unpaired) electrons. The van der Waals surface area contributed by atoms with Gasteiger partial charge in [0.15, 0.2) is 11.8 Å². The first-order chi connectivity index (χ1) is 7.63. The minimum absolute atomic E-state index is 0.345. The second kappa shape index (κ2) is 3.62. The minimum atomic E-state index is -0.470. The summed E-state index contributed by atoms with van der Waals surface area (Å²) >= 11 is 0. The molecule has 0 aliphatic rings. The number of rotatable bonds is 1. The fraction of sp³-hybridized carbons (Fsp3) is 0.200. The second-order valence-electron chi connectivity index (χ2n) is 3.38. The molecule has 2 heterocycles. The Kier molecular flexibility index (Phi) is 2.29. The lowest BCUT2D eigenvalue weighted by Crippen LogP contribution is -2.20. The zero-order valence-electron chi connectivity index (χ0n) is 8.85. The molecule has 0 bridgehead atoms. The normalized spacial score (nSPS) is 10.1. The van der Waals surface area contributed by atoms with Crippen LogP contribution in [0.1, 0.15) is 21.7 Å². The van der Waals surface area contributed by atoms with Crippen LogP contribution in [0, 0.1) is 25.3 Å². The molecule has 2 rings (SSSR count). The Morgan fingerprint density at radius 3 is 3.00 bits per heavy atom. The van der Waals surface area contributed by atoms with Crippen LogP contribution in [0.2, 0.25) is 0 Å². The summed E-state index contributed by atoms with van der Waals surface area (Å²) in [4.78, 5) is 15.6. The molecule has 0 spiro atoms. The summed E-state index contributed by atoms with van der Waals surface area (Å²) in [7, 11) is 0. The van der Waals surface area contributed by atoms with Crippen molar-refractivity contribution in [2.45, 2.75) is 13.8 Å². The molecule has 0 saturated carbocycles. The molecule has 1 amide bonds. The Morgan fingerprint density at radius 2 is 2.31 bits per heavy atom. The first kappa shape index (κ1) is 10.1. The lowest BCUT2D eigenvalue weighted by molar-refractivity contribution is 0.0971. The molecule has 1 N–H and O–H groups in total. The number of aromatic nitrogens is 3. The van der Waals surface area contributed by atoms with Crippen molar-refractivity contribution in [2.75, 3.05) is 0 Å². The van der Waals surface area contributed by atoms with Gasteiger partial charge in [0.05, 0.1) is 17.0 Å². The molecule has 2 aromatic heterocycles.